The minimum atomic E-state index is -4.24. The summed E-state index contributed by atoms with van der Waals surface area (Å²) in [5.41, 5.74) is 0. The Morgan fingerprint density at radius 3 is 2.40 bits per heavy atom. The fourth-order valence-corrected chi connectivity index (χ4v) is 3.82. The highest BCUT2D eigenvalue weighted by molar-refractivity contribution is 7.89. The van der Waals surface area contributed by atoms with Gasteiger partial charge in [-0.2, -0.15) is 4.31 Å². The zero-order chi connectivity index (χ0) is 15.7. The quantitative estimate of drug-likeness (QED) is 0.834. The summed E-state index contributed by atoms with van der Waals surface area (Å²) in [4.78, 5) is 10.2. The van der Waals surface area contributed by atoms with Gasteiger partial charge in [0.25, 0.3) is 0 Å². The number of benzene rings is 1. The average molecular weight is 344 g/mol. The molecular formula is C11H12Cl2FNO4S. The third-order valence-electron chi connectivity index (χ3n) is 2.45. The Morgan fingerprint density at radius 1 is 1.40 bits per heavy atom. The Kier molecular flexibility index (Phi) is 5.37. The lowest BCUT2D eigenvalue weighted by Crippen LogP contribution is -2.40. The molecule has 1 N–H and O–H groups in total. The Morgan fingerprint density at radius 2 is 1.95 bits per heavy atom. The molecule has 0 aromatic heterocycles. The van der Waals surface area contributed by atoms with Crippen molar-refractivity contribution in [2.45, 2.75) is 24.8 Å². The van der Waals surface area contributed by atoms with Crippen molar-refractivity contribution in [2.24, 2.45) is 0 Å². The molecule has 1 rings (SSSR count). The molecule has 0 aliphatic rings. The topological polar surface area (TPSA) is 74.7 Å². The van der Waals surface area contributed by atoms with Gasteiger partial charge < -0.3 is 5.11 Å². The molecule has 9 heteroatoms. The lowest BCUT2D eigenvalue weighted by molar-refractivity contribution is -0.137. The van der Waals surface area contributed by atoms with Gasteiger partial charge in [0.2, 0.25) is 10.0 Å². The normalized spacial score (nSPS) is 12.2. The summed E-state index contributed by atoms with van der Waals surface area (Å²) >= 11 is 11.2. The third kappa shape index (κ3) is 3.41. The molecule has 5 nitrogen and oxygen atoms in total. The number of hydrogen-bond donors (Lipinski definition) is 1. The summed E-state index contributed by atoms with van der Waals surface area (Å²) in [5.74, 6) is -2.39. The summed E-state index contributed by atoms with van der Waals surface area (Å²) in [6.45, 7) is 2.25. The maximum atomic E-state index is 13.6. The lowest BCUT2D eigenvalue weighted by atomic mass is 10.3. The van der Waals surface area contributed by atoms with Crippen molar-refractivity contribution in [3.8, 4) is 0 Å². The molecule has 0 aliphatic heterocycles. The smallest absolute Gasteiger partial charge is 0.318 e. The molecule has 1 aromatic rings. The number of carbonyl (C=O) groups is 1. The van der Waals surface area contributed by atoms with E-state index >= 15 is 0 Å². The maximum absolute atomic E-state index is 13.6. The van der Waals surface area contributed by atoms with Crippen LogP contribution in [-0.4, -0.2) is 36.4 Å². The molecule has 0 spiro atoms. The van der Waals surface area contributed by atoms with E-state index < -0.39 is 44.3 Å². The molecule has 0 radical (unpaired) electrons. The first-order valence-corrected chi connectivity index (χ1v) is 7.65. The number of halogens is 3. The molecule has 1 aromatic carbocycles. The van der Waals surface area contributed by atoms with Gasteiger partial charge in [-0.05, 0) is 26.0 Å². The molecule has 0 saturated heterocycles. The monoisotopic (exact) mass is 343 g/mol. The third-order valence-corrected chi connectivity index (χ3v) is 5.29. The van der Waals surface area contributed by atoms with Crippen LogP contribution >= 0.6 is 23.2 Å². The Hall–Kier alpha value is -0.890. The number of carboxylic acid groups (broad SMARTS) is 1. The molecule has 112 valence electrons. The van der Waals surface area contributed by atoms with Crippen LogP contribution < -0.4 is 0 Å². The number of aliphatic carboxylic acids is 1. The molecule has 0 atom stereocenters. The van der Waals surface area contributed by atoms with E-state index in [4.69, 9.17) is 28.3 Å². The highest BCUT2D eigenvalue weighted by Gasteiger charge is 2.32. The first-order valence-electron chi connectivity index (χ1n) is 5.46. The number of sulfonamides is 1. The molecule has 0 bridgehead atoms. The van der Waals surface area contributed by atoms with E-state index in [0.717, 1.165) is 12.1 Å². The van der Waals surface area contributed by atoms with Crippen LogP contribution in [-0.2, 0) is 14.8 Å². The number of rotatable bonds is 5. The van der Waals surface area contributed by atoms with E-state index in [2.05, 4.69) is 0 Å². The minimum absolute atomic E-state index is 0.316. The lowest BCUT2D eigenvalue weighted by Gasteiger charge is -2.24. The highest BCUT2D eigenvalue weighted by Crippen LogP contribution is 2.31. The Bertz CT molecular complexity index is 634. The number of hydrogen-bond acceptors (Lipinski definition) is 3. The molecule has 0 saturated carbocycles. The maximum Gasteiger partial charge on any atom is 0.318 e. The summed E-state index contributed by atoms with van der Waals surface area (Å²) in [6.07, 6.45) is 0. The van der Waals surface area contributed by atoms with Gasteiger partial charge >= 0.3 is 5.97 Å². The van der Waals surface area contributed by atoms with Gasteiger partial charge in [0.05, 0.1) is 10.0 Å². The summed E-state index contributed by atoms with van der Waals surface area (Å²) in [5, 5.41) is 7.80. The van der Waals surface area contributed by atoms with Crippen molar-refractivity contribution in [3.05, 3.63) is 28.0 Å². The largest absolute Gasteiger partial charge is 0.480 e. The highest BCUT2D eigenvalue weighted by atomic mass is 35.5. The fourth-order valence-electron chi connectivity index (χ4n) is 1.51. The van der Waals surface area contributed by atoms with Crippen LogP contribution in [0.25, 0.3) is 0 Å². The van der Waals surface area contributed by atoms with Crippen molar-refractivity contribution in [2.75, 3.05) is 6.54 Å². The molecule has 0 fully saturated rings. The van der Waals surface area contributed by atoms with E-state index in [-0.39, 0.29) is 5.02 Å². The Labute approximate surface area is 126 Å². The van der Waals surface area contributed by atoms with Crippen LogP contribution in [0.3, 0.4) is 0 Å². The van der Waals surface area contributed by atoms with Gasteiger partial charge in [0, 0.05) is 6.04 Å². The standard InChI is InChI=1S/C11H12Cl2FNO4S/c1-6(2)15(5-9(16)17)20(18,19)8-4-3-7(12)11(14)10(8)13/h3-4,6H,5H2,1-2H3,(H,16,17). The van der Waals surface area contributed by atoms with Gasteiger partial charge in [0.1, 0.15) is 11.4 Å². The van der Waals surface area contributed by atoms with Crippen LogP contribution in [0.15, 0.2) is 17.0 Å². The van der Waals surface area contributed by atoms with Gasteiger partial charge in [-0.15, -0.1) is 0 Å². The van der Waals surface area contributed by atoms with E-state index in [9.17, 15) is 17.6 Å². The van der Waals surface area contributed by atoms with Crippen LogP contribution in [0.1, 0.15) is 13.8 Å². The molecular weight excluding hydrogens is 332 g/mol. The van der Waals surface area contributed by atoms with Crippen molar-refractivity contribution >= 4 is 39.2 Å². The van der Waals surface area contributed by atoms with Gasteiger partial charge in [-0.3, -0.25) is 4.79 Å². The summed E-state index contributed by atoms with van der Waals surface area (Å²) < 4.78 is 39.0. The van der Waals surface area contributed by atoms with Gasteiger partial charge in [-0.1, -0.05) is 23.2 Å². The average Bonchev–Trinajstić information content (AvgIpc) is 2.32. The fraction of sp³-hybridized carbons (Fsp3) is 0.364. The second-order valence-electron chi connectivity index (χ2n) is 4.21. The second kappa shape index (κ2) is 6.26. The predicted molar refractivity (Wildman–Crippen MR) is 73.1 cm³/mol. The zero-order valence-corrected chi connectivity index (χ0v) is 12.9. The predicted octanol–water partition coefficient (Wildman–Crippen LogP) is 2.62. The van der Waals surface area contributed by atoms with Crippen LogP contribution in [0.5, 0.6) is 0 Å². The number of nitrogens with zero attached hydrogens (tertiary/aromatic N) is 1. The molecule has 0 aliphatic carbocycles. The Balaban J connectivity index is 3.41. The molecule has 0 amide bonds. The van der Waals surface area contributed by atoms with Crippen LogP contribution in [0, 0.1) is 5.82 Å². The van der Waals surface area contributed by atoms with E-state index in [1.807, 2.05) is 0 Å². The van der Waals surface area contributed by atoms with Gasteiger partial charge in [-0.25, -0.2) is 12.8 Å². The van der Waals surface area contributed by atoms with Gasteiger partial charge in [0.15, 0.2) is 5.82 Å². The van der Waals surface area contributed by atoms with Crippen molar-refractivity contribution in [1.29, 1.82) is 0 Å². The van der Waals surface area contributed by atoms with E-state index in [1.54, 1.807) is 0 Å². The molecule has 0 heterocycles. The second-order valence-corrected chi connectivity index (χ2v) is 6.86. The SMILES string of the molecule is CC(C)N(CC(=O)O)S(=O)(=O)c1ccc(Cl)c(F)c1Cl. The van der Waals surface area contributed by atoms with Crippen molar-refractivity contribution in [3.63, 3.8) is 0 Å². The number of carboxylic acids is 1. The molecule has 20 heavy (non-hydrogen) atoms. The van der Waals surface area contributed by atoms with Crippen LogP contribution in [0.2, 0.25) is 10.0 Å². The van der Waals surface area contributed by atoms with E-state index in [1.165, 1.54) is 13.8 Å². The first kappa shape index (κ1) is 17.2. The zero-order valence-electron chi connectivity index (χ0n) is 10.6. The summed E-state index contributed by atoms with van der Waals surface area (Å²) in [6, 6.07) is 1.46. The first-order chi connectivity index (χ1) is 9.09. The van der Waals surface area contributed by atoms with E-state index in [0.29, 0.717) is 4.31 Å². The minimum Gasteiger partial charge on any atom is -0.480 e. The van der Waals surface area contributed by atoms with Crippen molar-refractivity contribution in [1.82, 2.24) is 4.31 Å². The molecule has 0 unspecified atom stereocenters. The van der Waals surface area contributed by atoms with Crippen LogP contribution in [0.4, 0.5) is 4.39 Å². The summed E-state index contributed by atoms with van der Waals surface area (Å²) in [7, 11) is -4.24. The van der Waals surface area contributed by atoms with Crippen molar-refractivity contribution < 1.29 is 22.7 Å².